The molecule has 1 aliphatic rings. The summed E-state index contributed by atoms with van der Waals surface area (Å²) in [5, 5.41) is 3.31. The summed E-state index contributed by atoms with van der Waals surface area (Å²) in [6, 6.07) is 0. The maximum atomic E-state index is 11.5. The molecular weight excluding hydrogens is 202 g/mol. The van der Waals surface area contributed by atoms with Crippen molar-refractivity contribution in [2.45, 2.75) is 46.0 Å². The molecule has 0 aromatic rings. The fourth-order valence-corrected chi connectivity index (χ4v) is 2.17. The third-order valence-corrected chi connectivity index (χ3v) is 3.23. The van der Waals surface area contributed by atoms with Gasteiger partial charge in [0.2, 0.25) is 0 Å². The first kappa shape index (κ1) is 13.5. The van der Waals surface area contributed by atoms with Crippen molar-refractivity contribution in [2.24, 2.45) is 11.8 Å². The Bertz CT molecular complexity index is 200. The number of carbonyl (C=O) groups is 1. The molecule has 0 radical (unpaired) electrons. The topological polar surface area (TPSA) is 38.3 Å². The Morgan fingerprint density at radius 3 is 3.00 bits per heavy atom. The lowest BCUT2D eigenvalue weighted by molar-refractivity contribution is -0.145. The van der Waals surface area contributed by atoms with Crippen molar-refractivity contribution in [3.05, 3.63) is 0 Å². The summed E-state index contributed by atoms with van der Waals surface area (Å²) >= 11 is 0. The number of hydrogen-bond donors (Lipinski definition) is 1. The summed E-state index contributed by atoms with van der Waals surface area (Å²) in [6.45, 7) is 7.06. The van der Waals surface area contributed by atoms with E-state index in [4.69, 9.17) is 4.74 Å². The lowest BCUT2D eigenvalue weighted by Crippen LogP contribution is -2.14. The van der Waals surface area contributed by atoms with Crippen LogP contribution in [0.1, 0.15) is 46.0 Å². The molecule has 16 heavy (non-hydrogen) atoms. The number of rotatable bonds is 7. The summed E-state index contributed by atoms with van der Waals surface area (Å²) < 4.78 is 5.26. The normalized spacial score (nSPS) is 22.0. The van der Waals surface area contributed by atoms with Gasteiger partial charge in [-0.3, -0.25) is 4.79 Å². The van der Waals surface area contributed by atoms with Gasteiger partial charge in [0.25, 0.3) is 0 Å². The number of nitrogens with one attached hydrogen (secondary N) is 1. The van der Waals surface area contributed by atoms with E-state index in [0.29, 0.717) is 24.9 Å². The van der Waals surface area contributed by atoms with Crippen molar-refractivity contribution < 1.29 is 9.53 Å². The molecule has 3 heteroatoms. The first-order valence-corrected chi connectivity index (χ1v) is 6.58. The first-order valence-electron chi connectivity index (χ1n) is 6.58. The molecule has 94 valence electrons. The number of hydrogen-bond acceptors (Lipinski definition) is 3. The van der Waals surface area contributed by atoms with E-state index >= 15 is 0 Å². The highest BCUT2D eigenvalue weighted by molar-refractivity contribution is 5.69. The summed E-state index contributed by atoms with van der Waals surface area (Å²) in [5.41, 5.74) is 0. The first-order chi connectivity index (χ1) is 7.72. The predicted molar refractivity (Wildman–Crippen MR) is 65.2 cm³/mol. The van der Waals surface area contributed by atoms with Gasteiger partial charge >= 0.3 is 5.97 Å². The third-order valence-electron chi connectivity index (χ3n) is 3.23. The highest BCUT2D eigenvalue weighted by atomic mass is 16.5. The second-order valence-electron chi connectivity index (χ2n) is 4.97. The Morgan fingerprint density at radius 2 is 2.38 bits per heavy atom. The Kier molecular flexibility index (Phi) is 6.46. The van der Waals surface area contributed by atoms with E-state index in [1.807, 2.05) is 0 Å². The molecule has 0 aromatic carbocycles. The molecular formula is C13H25NO2. The predicted octanol–water partition coefficient (Wildman–Crippen LogP) is 2.36. The average molecular weight is 227 g/mol. The van der Waals surface area contributed by atoms with Crippen LogP contribution < -0.4 is 5.32 Å². The Morgan fingerprint density at radius 1 is 1.56 bits per heavy atom. The van der Waals surface area contributed by atoms with Gasteiger partial charge in [-0.25, -0.2) is 0 Å². The van der Waals surface area contributed by atoms with E-state index in [9.17, 15) is 4.79 Å². The standard InChI is InChI=1S/C13H25NO2/c1-3-4-11(2)10-16-13(15)6-5-12-7-8-14-9-12/h11-12,14H,3-10H2,1-2H3. The third kappa shape index (κ3) is 5.50. The molecule has 0 amide bonds. The fourth-order valence-electron chi connectivity index (χ4n) is 2.17. The van der Waals surface area contributed by atoms with E-state index < -0.39 is 0 Å². The highest BCUT2D eigenvalue weighted by Gasteiger charge is 2.16. The van der Waals surface area contributed by atoms with Crippen LogP contribution in [0.2, 0.25) is 0 Å². The van der Waals surface area contributed by atoms with Crippen molar-refractivity contribution in [1.82, 2.24) is 5.32 Å². The quantitative estimate of drug-likeness (QED) is 0.678. The fraction of sp³-hybridized carbons (Fsp3) is 0.923. The van der Waals surface area contributed by atoms with Gasteiger partial charge in [-0.05, 0) is 44.2 Å². The van der Waals surface area contributed by atoms with Crippen LogP contribution in [-0.2, 0) is 9.53 Å². The maximum Gasteiger partial charge on any atom is 0.305 e. The number of ether oxygens (including phenoxy) is 1. The van der Waals surface area contributed by atoms with E-state index in [1.54, 1.807) is 0 Å². The molecule has 1 aliphatic heterocycles. The zero-order chi connectivity index (χ0) is 11.8. The molecule has 1 heterocycles. The van der Waals surface area contributed by atoms with Gasteiger partial charge in [0.05, 0.1) is 6.61 Å². The maximum absolute atomic E-state index is 11.5. The van der Waals surface area contributed by atoms with Crippen LogP contribution in [0.15, 0.2) is 0 Å². The molecule has 0 aromatic heterocycles. The van der Waals surface area contributed by atoms with Gasteiger partial charge in [-0.2, -0.15) is 0 Å². The highest BCUT2D eigenvalue weighted by Crippen LogP contribution is 2.15. The Labute approximate surface area is 98.9 Å². The molecule has 2 atom stereocenters. The van der Waals surface area contributed by atoms with Gasteiger partial charge in [0.1, 0.15) is 0 Å². The summed E-state index contributed by atoms with van der Waals surface area (Å²) in [4.78, 5) is 11.5. The van der Waals surface area contributed by atoms with E-state index in [2.05, 4.69) is 19.2 Å². The van der Waals surface area contributed by atoms with Crippen LogP contribution >= 0.6 is 0 Å². The molecule has 1 N–H and O–H groups in total. The SMILES string of the molecule is CCCC(C)COC(=O)CCC1CCNC1. The Hall–Kier alpha value is -0.570. The molecule has 3 nitrogen and oxygen atoms in total. The lowest BCUT2D eigenvalue weighted by atomic mass is 10.0. The number of esters is 1. The van der Waals surface area contributed by atoms with Crippen LogP contribution in [0, 0.1) is 11.8 Å². The zero-order valence-corrected chi connectivity index (χ0v) is 10.6. The lowest BCUT2D eigenvalue weighted by Gasteiger charge is -2.12. The van der Waals surface area contributed by atoms with Crippen LogP contribution in [-0.4, -0.2) is 25.7 Å². The molecule has 1 saturated heterocycles. The summed E-state index contributed by atoms with van der Waals surface area (Å²) in [7, 11) is 0. The van der Waals surface area contributed by atoms with Crippen LogP contribution in [0.25, 0.3) is 0 Å². The van der Waals surface area contributed by atoms with Gasteiger partial charge in [-0.1, -0.05) is 20.3 Å². The minimum absolute atomic E-state index is 0.0187. The van der Waals surface area contributed by atoms with Gasteiger partial charge < -0.3 is 10.1 Å². The van der Waals surface area contributed by atoms with E-state index in [-0.39, 0.29) is 5.97 Å². The molecule has 2 unspecified atom stereocenters. The molecule has 0 aliphatic carbocycles. The van der Waals surface area contributed by atoms with E-state index in [0.717, 1.165) is 32.4 Å². The second-order valence-corrected chi connectivity index (χ2v) is 4.97. The second kappa shape index (κ2) is 7.66. The summed E-state index contributed by atoms with van der Waals surface area (Å²) in [5.74, 6) is 1.16. The van der Waals surface area contributed by atoms with Crippen molar-refractivity contribution in [3.63, 3.8) is 0 Å². The van der Waals surface area contributed by atoms with Crippen molar-refractivity contribution >= 4 is 5.97 Å². The van der Waals surface area contributed by atoms with Crippen LogP contribution in [0.3, 0.4) is 0 Å². The smallest absolute Gasteiger partial charge is 0.305 e. The molecule has 0 spiro atoms. The minimum atomic E-state index is -0.0187. The zero-order valence-electron chi connectivity index (χ0n) is 10.6. The largest absolute Gasteiger partial charge is 0.465 e. The van der Waals surface area contributed by atoms with Gasteiger partial charge in [0, 0.05) is 6.42 Å². The molecule has 0 saturated carbocycles. The van der Waals surface area contributed by atoms with Crippen LogP contribution in [0.5, 0.6) is 0 Å². The van der Waals surface area contributed by atoms with Gasteiger partial charge in [0.15, 0.2) is 0 Å². The monoisotopic (exact) mass is 227 g/mol. The molecule has 1 fully saturated rings. The molecule has 0 bridgehead atoms. The van der Waals surface area contributed by atoms with Crippen LogP contribution in [0.4, 0.5) is 0 Å². The van der Waals surface area contributed by atoms with E-state index in [1.165, 1.54) is 6.42 Å². The minimum Gasteiger partial charge on any atom is -0.465 e. The van der Waals surface area contributed by atoms with Crippen molar-refractivity contribution in [2.75, 3.05) is 19.7 Å². The Balaban J connectivity index is 2.01. The van der Waals surface area contributed by atoms with Gasteiger partial charge in [-0.15, -0.1) is 0 Å². The number of carbonyl (C=O) groups excluding carboxylic acids is 1. The molecule has 1 rings (SSSR count). The average Bonchev–Trinajstić information content (AvgIpc) is 2.77. The van der Waals surface area contributed by atoms with Crippen molar-refractivity contribution in [3.8, 4) is 0 Å². The van der Waals surface area contributed by atoms with Crippen molar-refractivity contribution in [1.29, 1.82) is 0 Å². The summed E-state index contributed by atoms with van der Waals surface area (Å²) in [6.07, 6.45) is 5.07.